The molecule has 0 aromatic rings. The number of unbranched alkanes of at least 4 members (excludes halogenated alkanes) is 2. The molecule has 1 aliphatic rings. The summed E-state index contributed by atoms with van der Waals surface area (Å²) in [6.45, 7) is 2.30. The van der Waals surface area contributed by atoms with Crippen molar-refractivity contribution < 1.29 is 0 Å². The van der Waals surface area contributed by atoms with Gasteiger partial charge in [-0.05, 0) is 5.92 Å². The quantitative estimate of drug-likeness (QED) is 0.629. The molecule has 0 bridgehead atoms. The fraction of sp³-hybridized carbons (Fsp3) is 1.00. The van der Waals surface area contributed by atoms with Crippen LogP contribution in [0.25, 0.3) is 0 Å². The van der Waals surface area contributed by atoms with E-state index in [2.05, 4.69) is 6.92 Å². The zero-order valence-corrected chi connectivity index (χ0v) is 10.1. The lowest BCUT2D eigenvalue weighted by atomic mass is 9.87. The number of hydrogen-bond donors (Lipinski definition) is 1. The van der Waals surface area contributed by atoms with Gasteiger partial charge in [0.25, 0.3) is 0 Å². The smallest absolute Gasteiger partial charge is 0.0414 e. The van der Waals surface area contributed by atoms with Gasteiger partial charge in [0, 0.05) is 0 Å². The van der Waals surface area contributed by atoms with Crippen LogP contribution < -0.4 is 6.15 Å². The molecule has 0 aromatic heterocycles. The molecular weight excluding hydrogens is 170 g/mol. The summed E-state index contributed by atoms with van der Waals surface area (Å²) in [7, 11) is 0. The van der Waals surface area contributed by atoms with Gasteiger partial charge < -0.3 is 6.15 Å². The Morgan fingerprint density at radius 1 is 0.857 bits per heavy atom. The molecule has 0 unspecified atom stereocenters. The van der Waals surface area contributed by atoms with Crippen LogP contribution in [0.4, 0.5) is 0 Å². The maximum atomic E-state index is 2.30. The van der Waals surface area contributed by atoms with Gasteiger partial charge in [0.15, 0.2) is 0 Å². The molecule has 0 spiro atoms. The van der Waals surface area contributed by atoms with Crippen LogP contribution in [0.15, 0.2) is 0 Å². The van der Waals surface area contributed by atoms with E-state index in [1.54, 1.807) is 0 Å². The summed E-state index contributed by atoms with van der Waals surface area (Å²) in [5.74, 6) is 1.09. The summed E-state index contributed by atoms with van der Waals surface area (Å²) in [6.07, 6.45) is 16.4. The van der Waals surface area contributed by atoms with E-state index in [-0.39, 0.29) is 6.15 Å². The van der Waals surface area contributed by atoms with Crippen LogP contribution >= 0.6 is 0 Å². The van der Waals surface area contributed by atoms with Crippen molar-refractivity contribution in [2.75, 3.05) is 0 Å². The molecule has 0 radical (unpaired) electrons. The van der Waals surface area contributed by atoms with E-state index in [1.807, 2.05) is 0 Å². The van der Waals surface area contributed by atoms with Gasteiger partial charge >= 0.3 is 0 Å². The lowest BCUT2D eigenvalue weighted by molar-refractivity contribution is 0.348. The summed E-state index contributed by atoms with van der Waals surface area (Å²) >= 11 is 0. The van der Waals surface area contributed by atoms with Crippen LogP contribution in [0.1, 0.15) is 77.6 Å². The highest BCUT2D eigenvalue weighted by atomic mass is 14.2. The molecule has 0 saturated heterocycles. The Hall–Kier alpha value is -0.0400. The molecule has 0 aliphatic heterocycles. The van der Waals surface area contributed by atoms with Crippen LogP contribution in [0, 0.1) is 5.92 Å². The average Bonchev–Trinajstić information content (AvgIpc) is 2.08. The predicted molar refractivity (Wildman–Crippen MR) is 65.0 cm³/mol. The molecule has 1 aliphatic carbocycles. The van der Waals surface area contributed by atoms with Gasteiger partial charge in [-0.2, -0.15) is 0 Å². The minimum absolute atomic E-state index is 0. The van der Waals surface area contributed by atoms with E-state index in [0.29, 0.717) is 0 Å². The molecule has 1 saturated carbocycles. The van der Waals surface area contributed by atoms with E-state index in [4.69, 9.17) is 0 Å². The third-order valence-electron chi connectivity index (χ3n) is 3.44. The summed E-state index contributed by atoms with van der Waals surface area (Å²) in [4.78, 5) is 0. The Kier molecular flexibility index (Phi) is 9.49. The van der Waals surface area contributed by atoms with Gasteiger partial charge in [-0.3, -0.25) is 0 Å². The number of hydrogen-bond acceptors (Lipinski definition) is 1. The molecule has 0 heterocycles. The highest BCUT2D eigenvalue weighted by Gasteiger charge is 2.10. The van der Waals surface area contributed by atoms with Crippen molar-refractivity contribution in [1.82, 2.24) is 6.15 Å². The lowest BCUT2D eigenvalue weighted by Gasteiger charge is -2.19. The standard InChI is InChI=1S/C13H26.H3N/c1-2-3-7-10-13-11-8-5-4-6-9-12-13;/h13H,2-12H2,1H3;1H3. The largest absolute Gasteiger partial charge is 0.344 e. The minimum Gasteiger partial charge on any atom is -0.344 e. The highest BCUT2D eigenvalue weighted by molar-refractivity contribution is 4.63. The maximum absolute atomic E-state index is 2.30. The minimum atomic E-state index is 0. The molecule has 0 aromatic carbocycles. The molecule has 0 amide bonds. The second kappa shape index (κ2) is 9.51. The Labute approximate surface area is 90.2 Å². The van der Waals surface area contributed by atoms with Crippen molar-refractivity contribution in [3.05, 3.63) is 0 Å². The molecular formula is C13H29N. The van der Waals surface area contributed by atoms with Gasteiger partial charge in [-0.1, -0.05) is 77.6 Å². The Morgan fingerprint density at radius 3 is 2.00 bits per heavy atom. The Bertz CT molecular complexity index is 104. The van der Waals surface area contributed by atoms with Gasteiger partial charge in [0.2, 0.25) is 0 Å². The van der Waals surface area contributed by atoms with Crippen LogP contribution in [-0.4, -0.2) is 0 Å². The average molecular weight is 199 g/mol. The second-order valence-corrected chi connectivity index (χ2v) is 4.71. The lowest BCUT2D eigenvalue weighted by Crippen LogP contribution is -2.03. The zero-order valence-electron chi connectivity index (χ0n) is 10.1. The Balaban J connectivity index is 0.00000169. The molecule has 14 heavy (non-hydrogen) atoms. The summed E-state index contributed by atoms with van der Waals surface area (Å²) in [5.41, 5.74) is 0. The summed E-state index contributed by atoms with van der Waals surface area (Å²) in [6, 6.07) is 0. The van der Waals surface area contributed by atoms with Crippen molar-refractivity contribution in [2.24, 2.45) is 5.92 Å². The first-order valence-electron chi connectivity index (χ1n) is 6.43. The van der Waals surface area contributed by atoms with E-state index >= 15 is 0 Å². The van der Waals surface area contributed by atoms with Gasteiger partial charge in [0.1, 0.15) is 0 Å². The Morgan fingerprint density at radius 2 is 1.43 bits per heavy atom. The first kappa shape index (κ1) is 14.0. The van der Waals surface area contributed by atoms with Crippen LogP contribution in [-0.2, 0) is 0 Å². The van der Waals surface area contributed by atoms with Crippen molar-refractivity contribution >= 4 is 0 Å². The summed E-state index contributed by atoms with van der Waals surface area (Å²) in [5, 5.41) is 0. The van der Waals surface area contributed by atoms with E-state index in [9.17, 15) is 0 Å². The molecule has 1 nitrogen and oxygen atoms in total. The van der Waals surface area contributed by atoms with Crippen molar-refractivity contribution in [1.29, 1.82) is 0 Å². The fourth-order valence-electron chi connectivity index (χ4n) is 2.51. The van der Waals surface area contributed by atoms with Crippen molar-refractivity contribution in [3.63, 3.8) is 0 Å². The van der Waals surface area contributed by atoms with Crippen LogP contribution in [0.5, 0.6) is 0 Å². The second-order valence-electron chi connectivity index (χ2n) is 4.71. The van der Waals surface area contributed by atoms with Crippen molar-refractivity contribution in [2.45, 2.75) is 77.6 Å². The summed E-state index contributed by atoms with van der Waals surface area (Å²) < 4.78 is 0. The maximum Gasteiger partial charge on any atom is -0.0414 e. The van der Waals surface area contributed by atoms with Gasteiger partial charge in [0.05, 0.1) is 0 Å². The monoisotopic (exact) mass is 199 g/mol. The van der Waals surface area contributed by atoms with Crippen LogP contribution in [0.3, 0.4) is 0 Å². The van der Waals surface area contributed by atoms with Crippen molar-refractivity contribution in [3.8, 4) is 0 Å². The first-order chi connectivity index (χ1) is 6.43. The topological polar surface area (TPSA) is 35.0 Å². The van der Waals surface area contributed by atoms with E-state index in [0.717, 1.165) is 5.92 Å². The fourth-order valence-corrected chi connectivity index (χ4v) is 2.51. The highest BCUT2D eigenvalue weighted by Crippen LogP contribution is 2.26. The molecule has 1 rings (SSSR count). The first-order valence-corrected chi connectivity index (χ1v) is 6.43. The van der Waals surface area contributed by atoms with Crippen LogP contribution in [0.2, 0.25) is 0 Å². The molecule has 1 heteroatoms. The third-order valence-corrected chi connectivity index (χ3v) is 3.44. The molecule has 0 atom stereocenters. The number of rotatable bonds is 4. The van der Waals surface area contributed by atoms with E-state index < -0.39 is 0 Å². The molecule has 1 fully saturated rings. The van der Waals surface area contributed by atoms with Gasteiger partial charge in [-0.25, -0.2) is 0 Å². The normalized spacial score (nSPS) is 19.5. The molecule has 3 N–H and O–H groups in total. The molecule has 86 valence electrons. The van der Waals surface area contributed by atoms with Gasteiger partial charge in [-0.15, -0.1) is 0 Å². The predicted octanol–water partition coefficient (Wildman–Crippen LogP) is 5.09. The third kappa shape index (κ3) is 6.42. The van der Waals surface area contributed by atoms with E-state index in [1.165, 1.54) is 70.6 Å². The zero-order chi connectivity index (χ0) is 9.36. The SMILES string of the molecule is CCCCCC1CCCCCCC1.N.